The molecule has 0 aliphatic heterocycles. The zero-order valence-corrected chi connectivity index (χ0v) is 9.10. The van der Waals surface area contributed by atoms with E-state index in [0.29, 0.717) is 4.68 Å². The van der Waals surface area contributed by atoms with Crippen molar-refractivity contribution in [2.24, 2.45) is 0 Å². The van der Waals surface area contributed by atoms with E-state index in [2.05, 4.69) is 15.4 Å². The van der Waals surface area contributed by atoms with Crippen LogP contribution in [0.4, 0.5) is 5.95 Å². The molecule has 1 aromatic rings. The van der Waals surface area contributed by atoms with E-state index < -0.39 is 41.3 Å². The largest absolute Gasteiger partial charge is 0.491 e. The maximum Gasteiger partial charge on any atom is 0.491 e. The minimum Gasteiger partial charge on any atom is -0.474 e. The lowest BCUT2D eigenvalue weighted by atomic mass is 10.5. The maximum absolute atomic E-state index is 11.3. The van der Waals surface area contributed by atoms with Gasteiger partial charge in [0, 0.05) is 5.10 Å². The standard InChI is InChI=1S/C7H9N5O6/c1-3(13)8-4(14)2-11-5(6(15)16)9-7(10-11)12(17)18/h3,13H,2H2,1H3,(H,8,14)(H,15,16). The molecular weight excluding hydrogens is 250 g/mol. The number of nitro groups is 1. The molecular formula is C7H9N5O6. The summed E-state index contributed by atoms with van der Waals surface area (Å²) in [6.07, 6.45) is -1.13. The number of hydrogen-bond acceptors (Lipinski definition) is 7. The van der Waals surface area contributed by atoms with Crippen LogP contribution in [0.1, 0.15) is 17.5 Å². The number of carboxylic acids is 1. The monoisotopic (exact) mass is 259 g/mol. The third-order valence-corrected chi connectivity index (χ3v) is 1.68. The van der Waals surface area contributed by atoms with Crippen LogP contribution in [-0.4, -0.2) is 48.0 Å². The molecule has 0 aliphatic carbocycles. The molecule has 3 N–H and O–H groups in total. The zero-order chi connectivity index (χ0) is 13.9. The molecule has 0 bridgehead atoms. The Morgan fingerprint density at radius 3 is 2.67 bits per heavy atom. The molecule has 11 heteroatoms. The lowest BCUT2D eigenvalue weighted by molar-refractivity contribution is -0.394. The molecule has 0 aromatic carbocycles. The van der Waals surface area contributed by atoms with Gasteiger partial charge in [0.2, 0.25) is 5.91 Å². The molecule has 0 spiro atoms. The van der Waals surface area contributed by atoms with Gasteiger partial charge in [-0.3, -0.25) is 4.79 Å². The van der Waals surface area contributed by atoms with Crippen LogP contribution < -0.4 is 5.32 Å². The molecule has 0 aliphatic rings. The van der Waals surface area contributed by atoms with Gasteiger partial charge in [0.25, 0.3) is 0 Å². The van der Waals surface area contributed by atoms with Crippen molar-refractivity contribution in [1.29, 1.82) is 0 Å². The van der Waals surface area contributed by atoms with Crippen LogP contribution in [0.15, 0.2) is 0 Å². The van der Waals surface area contributed by atoms with Gasteiger partial charge in [-0.2, -0.15) is 4.68 Å². The van der Waals surface area contributed by atoms with Crippen LogP contribution in [0, 0.1) is 10.1 Å². The number of aromatic nitrogens is 3. The fourth-order valence-corrected chi connectivity index (χ4v) is 1.09. The zero-order valence-electron chi connectivity index (χ0n) is 9.10. The van der Waals surface area contributed by atoms with Crippen molar-refractivity contribution in [3.05, 3.63) is 15.9 Å². The van der Waals surface area contributed by atoms with Crippen molar-refractivity contribution in [2.45, 2.75) is 19.7 Å². The molecule has 1 amide bonds. The molecule has 0 saturated heterocycles. The summed E-state index contributed by atoms with van der Waals surface area (Å²) < 4.78 is 0.568. The molecule has 0 radical (unpaired) electrons. The van der Waals surface area contributed by atoms with Crippen molar-refractivity contribution >= 4 is 17.8 Å². The Morgan fingerprint density at radius 2 is 2.22 bits per heavy atom. The van der Waals surface area contributed by atoms with E-state index in [1.54, 1.807) is 0 Å². The van der Waals surface area contributed by atoms with Crippen LogP contribution >= 0.6 is 0 Å². The Labute approximate surface area is 99.2 Å². The van der Waals surface area contributed by atoms with Gasteiger partial charge in [-0.15, -0.1) is 0 Å². The van der Waals surface area contributed by atoms with E-state index in [-0.39, 0.29) is 0 Å². The third-order valence-electron chi connectivity index (χ3n) is 1.68. The molecule has 1 atom stereocenters. The average molecular weight is 259 g/mol. The highest BCUT2D eigenvalue weighted by molar-refractivity contribution is 5.84. The number of amides is 1. The first-order valence-electron chi connectivity index (χ1n) is 4.61. The van der Waals surface area contributed by atoms with Gasteiger partial charge in [-0.25, -0.2) is 4.79 Å². The molecule has 1 heterocycles. The summed E-state index contributed by atoms with van der Waals surface area (Å²) in [6, 6.07) is 0. The molecule has 1 aromatic heterocycles. The van der Waals surface area contributed by atoms with E-state index in [0.717, 1.165) is 0 Å². The lowest BCUT2D eigenvalue weighted by Crippen LogP contribution is -2.35. The van der Waals surface area contributed by atoms with Gasteiger partial charge in [-0.05, 0) is 16.8 Å². The molecule has 98 valence electrons. The number of rotatable bonds is 5. The smallest absolute Gasteiger partial charge is 0.474 e. The second kappa shape index (κ2) is 5.18. The fourth-order valence-electron chi connectivity index (χ4n) is 1.09. The molecule has 1 unspecified atom stereocenters. The number of aliphatic hydroxyl groups excluding tert-OH is 1. The second-order valence-corrected chi connectivity index (χ2v) is 3.20. The minimum absolute atomic E-state index is 0.568. The summed E-state index contributed by atoms with van der Waals surface area (Å²) in [4.78, 5) is 34.6. The first-order chi connectivity index (χ1) is 8.31. The number of aliphatic hydroxyl groups is 1. The lowest BCUT2D eigenvalue weighted by Gasteiger charge is -2.05. The van der Waals surface area contributed by atoms with E-state index in [9.17, 15) is 19.7 Å². The highest BCUT2D eigenvalue weighted by Gasteiger charge is 2.27. The molecule has 0 fully saturated rings. The summed E-state index contributed by atoms with van der Waals surface area (Å²) in [5.41, 5.74) is 0. The van der Waals surface area contributed by atoms with E-state index in [1.807, 2.05) is 0 Å². The summed E-state index contributed by atoms with van der Waals surface area (Å²) in [5.74, 6) is -3.97. The van der Waals surface area contributed by atoms with Crippen molar-refractivity contribution in [2.75, 3.05) is 0 Å². The van der Waals surface area contributed by atoms with Crippen LogP contribution in [-0.2, 0) is 11.3 Å². The van der Waals surface area contributed by atoms with Crippen molar-refractivity contribution in [3.8, 4) is 0 Å². The second-order valence-electron chi connectivity index (χ2n) is 3.20. The molecule has 11 nitrogen and oxygen atoms in total. The van der Waals surface area contributed by atoms with Gasteiger partial charge >= 0.3 is 17.7 Å². The Morgan fingerprint density at radius 1 is 1.61 bits per heavy atom. The predicted molar refractivity (Wildman–Crippen MR) is 53.5 cm³/mol. The number of carboxylic acid groups (broad SMARTS) is 1. The van der Waals surface area contributed by atoms with E-state index in [1.165, 1.54) is 6.92 Å². The normalized spacial score (nSPS) is 11.9. The summed E-state index contributed by atoms with van der Waals surface area (Å²) in [7, 11) is 0. The van der Waals surface area contributed by atoms with Gasteiger partial charge < -0.3 is 25.6 Å². The number of aromatic carboxylic acids is 1. The van der Waals surface area contributed by atoms with Crippen LogP contribution in [0.5, 0.6) is 0 Å². The quantitative estimate of drug-likeness (QED) is 0.321. The number of nitrogens with zero attached hydrogens (tertiary/aromatic N) is 4. The van der Waals surface area contributed by atoms with E-state index in [4.69, 9.17) is 10.2 Å². The van der Waals surface area contributed by atoms with Crippen LogP contribution in [0.25, 0.3) is 0 Å². The minimum atomic E-state index is -1.56. The maximum atomic E-state index is 11.3. The molecule has 18 heavy (non-hydrogen) atoms. The number of carbonyl (C=O) groups excluding carboxylic acids is 1. The van der Waals surface area contributed by atoms with Gasteiger partial charge in [0.1, 0.15) is 12.8 Å². The first kappa shape index (κ1) is 13.5. The van der Waals surface area contributed by atoms with Crippen LogP contribution in [0.3, 0.4) is 0 Å². The first-order valence-corrected chi connectivity index (χ1v) is 4.61. The highest BCUT2D eigenvalue weighted by Crippen LogP contribution is 2.06. The fraction of sp³-hybridized carbons (Fsp3) is 0.429. The SMILES string of the molecule is CC(O)NC(=O)Cn1nc([N+](=O)[O-])nc1C(=O)O. The van der Waals surface area contributed by atoms with Gasteiger partial charge in [0.15, 0.2) is 0 Å². The Hall–Kier alpha value is -2.56. The molecule has 0 saturated carbocycles. The summed E-state index contributed by atoms with van der Waals surface area (Å²) >= 11 is 0. The van der Waals surface area contributed by atoms with E-state index >= 15 is 0 Å². The third kappa shape index (κ3) is 3.21. The average Bonchev–Trinajstić information content (AvgIpc) is 2.60. The highest BCUT2D eigenvalue weighted by atomic mass is 16.6. The van der Waals surface area contributed by atoms with Gasteiger partial charge in [0.05, 0.1) is 0 Å². The number of hydrogen-bond donors (Lipinski definition) is 3. The van der Waals surface area contributed by atoms with Crippen molar-refractivity contribution < 1.29 is 24.7 Å². The Balaban J connectivity index is 2.96. The Bertz CT molecular complexity index is 495. The van der Waals surface area contributed by atoms with Gasteiger partial charge in [-0.1, -0.05) is 0 Å². The summed E-state index contributed by atoms with van der Waals surface area (Å²) in [6.45, 7) is 0.674. The summed E-state index contributed by atoms with van der Waals surface area (Å²) in [5, 5.41) is 33.3. The molecule has 1 rings (SSSR count). The number of carbonyl (C=O) groups is 2. The van der Waals surface area contributed by atoms with Crippen molar-refractivity contribution in [1.82, 2.24) is 20.1 Å². The Kier molecular flexibility index (Phi) is 3.89. The number of nitrogens with one attached hydrogen (secondary N) is 1. The van der Waals surface area contributed by atoms with Crippen LogP contribution in [0.2, 0.25) is 0 Å². The topological polar surface area (TPSA) is 160 Å². The predicted octanol–water partition coefficient (Wildman–Crippen LogP) is -1.66. The van der Waals surface area contributed by atoms with Crippen molar-refractivity contribution in [3.63, 3.8) is 0 Å².